The van der Waals surface area contributed by atoms with Crippen LogP contribution in [0.4, 0.5) is 5.69 Å². The van der Waals surface area contributed by atoms with E-state index in [9.17, 15) is 14.9 Å². The lowest BCUT2D eigenvalue weighted by Crippen LogP contribution is -2.19. The van der Waals surface area contributed by atoms with E-state index < -0.39 is 11.2 Å². The van der Waals surface area contributed by atoms with Gasteiger partial charge in [-0.15, -0.1) is 0 Å². The molecule has 19 heavy (non-hydrogen) atoms. The van der Waals surface area contributed by atoms with Crippen molar-refractivity contribution in [1.82, 2.24) is 5.32 Å². The molecule has 0 aliphatic heterocycles. The summed E-state index contributed by atoms with van der Waals surface area (Å²) in [5, 5.41) is 13.5. The fourth-order valence-corrected chi connectivity index (χ4v) is 1.63. The maximum atomic E-state index is 11.5. The molecule has 0 bridgehead atoms. The summed E-state index contributed by atoms with van der Waals surface area (Å²) in [6, 6.07) is 4.31. The Morgan fingerprint density at radius 1 is 1.42 bits per heavy atom. The van der Waals surface area contributed by atoms with Crippen molar-refractivity contribution in [2.24, 2.45) is 0 Å². The van der Waals surface area contributed by atoms with E-state index in [1.807, 2.05) is 0 Å². The topological polar surface area (TPSA) is 90.7 Å². The third-order valence-corrected chi connectivity index (χ3v) is 2.68. The Bertz CT molecular complexity index is 471. The van der Waals surface area contributed by atoms with Crippen molar-refractivity contribution < 1.29 is 19.2 Å². The van der Waals surface area contributed by atoms with Crippen molar-refractivity contribution in [1.29, 1.82) is 0 Å². The average Bonchev–Trinajstić information content (AvgIpc) is 2.43. The molecule has 7 heteroatoms. The summed E-state index contributed by atoms with van der Waals surface area (Å²) in [4.78, 5) is 22.0. The highest BCUT2D eigenvalue weighted by molar-refractivity contribution is 5.94. The van der Waals surface area contributed by atoms with Gasteiger partial charge in [-0.3, -0.25) is 14.9 Å². The molecule has 7 nitrogen and oxygen atoms in total. The van der Waals surface area contributed by atoms with Crippen LogP contribution < -0.4 is 5.32 Å². The van der Waals surface area contributed by atoms with Crippen LogP contribution in [0, 0.1) is 10.1 Å². The van der Waals surface area contributed by atoms with E-state index >= 15 is 0 Å². The Morgan fingerprint density at radius 2 is 2.05 bits per heavy atom. The summed E-state index contributed by atoms with van der Waals surface area (Å²) >= 11 is 0. The fourth-order valence-electron chi connectivity index (χ4n) is 1.63. The molecule has 0 saturated heterocycles. The van der Waals surface area contributed by atoms with Crippen molar-refractivity contribution in [2.75, 3.05) is 21.3 Å². The van der Waals surface area contributed by atoms with Gasteiger partial charge in [0.1, 0.15) is 0 Å². The predicted molar refractivity (Wildman–Crippen MR) is 68.0 cm³/mol. The van der Waals surface area contributed by atoms with Crippen molar-refractivity contribution in [3.8, 4) is 0 Å². The second kappa shape index (κ2) is 6.81. The quantitative estimate of drug-likeness (QED) is 0.474. The minimum absolute atomic E-state index is 0.125. The number of carbonyl (C=O) groups excluding carboxylic acids is 1. The number of hydrogen-bond donors (Lipinski definition) is 1. The minimum Gasteiger partial charge on any atom is -0.356 e. The maximum Gasteiger partial charge on any atom is 0.273 e. The fraction of sp³-hybridized carbons (Fsp3) is 0.417. The molecule has 0 saturated carbocycles. The van der Waals surface area contributed by atoms with E-state index in [0.29, 0.717) is 5.56 Å². The number of amides is 1. The first-order chi connectivity index (χ1) is 9.03. The monoisotopic (exact) mass is 268 g/mol. The largest absolute Gasteiger partial charge is 0.356 e. The molecule has 1 N–H and O–H groups in total. The van der Waals surface area contributed by atoms with Crippen molar-refractivity contribution >= 4 is 11.6 Å². The zero-order valence-corrected chi connectivity index (χ0v) is 11.0. The van der Waals surface area contributed by atoms with Crippen LogP contribution in [-0.2, 0) is 15.9 Å². The zero-order chi connectivity index (χ0) is 14.4. The number of nitrogens with zero attached hydrogens (tertiary/aromatic N) is 1. The van der Waals surface area contributed by atoms with Crippen LogP contribution >= 0.6 is 0 Å². The molecule has 0 atom stereocenters. The van der Waals surface area contributed by atoms with Crippen molar-refractivity contribution in [3.63, 3.8) is 0 Å². The molecule has 1 aromatic rings. The highest BCUT2D eigenvalue weighted by atomic mass is 16.7. The third kappa shape index (κ3) is 3.73. The average molecular weight is 268 g/mol. The molecule has 0 unspecified atom stereocenters. The number of hydrogen-bond acceptors (Lipinski definition) is 5. The van der Waals surface area contributed by atoms with Crippen LogP contribution in [0.1, 0.15) is 15.9 Å². The van der Waals surface area contributed by atoms with E-state index in [2.05, 4.69) is 5.32 Å². The molecule has 104 valence electrons. The Morgan fingerprint density at radius 3 is 2.53 bits per heavy atom. The summed E-state index contributed by atoms with van der Waals surface area (Å²) in [6.07, 6.45) is -0.332. The summed E-state index contributed by atoms with van der Waals surface area (Å²) in [7, 11) is 4.38. The van der Waals surface area contributed by atoms with Crippen molar-refractivity contribution in [2.45, 2.75) is 12.7 Å². The smallest absolute Gasteiger partial charge is 0.273 e. The molecular formula is C12H16N2O5. The second-order valence-corrected chi connectivity index (χ2v) is 3.78. The highest BCUT2D eigenvalue weighted by Crippen LogP contribution is 2.22. The van der Waals surface area contributed by atoms with Gasteiger partial charge in [-0.2, -0.15) is 0 Å². The molecule has 1 rings (SSSR count). The van der Waals surface area contributed by atoms with Crippen LogP contribution in [-0.4, -0.2) is 38.4 Å². The third-order valence-electron chi connectivity index (χ3n) is 2.68. The van der Waals surface area contributed by atoms with Gasteiger partial charge in [0.2, 0.25) is 0 Å². The first-order valence-corrected chi connectivity index (χ1v) is 5.58. The first-order valence-electron chi connectivity index (χ1n) is 5.58. The van der Waals surface area contributed by atoms with Gasteiger partial charge >= 0.3 is 0 Å². The van der Waals surface area contributed by atoms with Crippen LogP contribution in [0.2, 0.25) is 0 Å². The Labute approximate surface area is 110 Å². The number of nitro benzene ring substituents is 1. The molecule has 0 radical (unpaired) electrons. The van der Waals surface area contributed by atoms with Gasteiger partial charge in [0.25, 0.3) is 11.6 Å². The molecule has 0 heterocycles. The van der Waals surface area contributed by atoms with E-state index in [0.717, 1.165) is 0 Å². The summed E-state index contributed by atoms with van der Waals surface area (Å²) in [6.45, 7) is 0. The van der Waals surface area contributed by atoms with Gasteiger partial charge in [-0.05, 0) is 6.07 Å². The van der Waals surface area contributed by atoms with Gasteiger partial charge in [0.05, 0.1) is 4.92 Å². The molecule has 0 fully saturated rings. The maximum absolute atomic E-state index is 11.5. The van der Waals surface area contributed by atoms with Gasteiger partial charge in [0, 0.05) is 44.9 Å². The summed E-state index contributed by atoms with van der Waals surface area (Å²) in [5.74, 6) is -0.371. The lowest BCUT2D eigenvalue weighted by atomic mass is 10.1. The van der Waals surface area contributed by atoms with Gasteiger partial charge in [-0.25, -0.2) is 0 Å². The van der Waals surface area contributed by atoms with Crippen LogP contribution in [0.5, 0.6) is 0 Å². The molecule has 0 aliphatic carbocycles. The predicted octanol–water partition coefficient (Wildman–Crippen LogP) is 1.12. The lowest BCUT2D eigenvalue weighted by Gasteiger charge is -2.13. The SMILES string of the molecule is CNC(=O)c1ccc(CC(OC)OC)c([N+](=O)[O-])c1. The van der Waals surface area contributed by atoms with Crippen LogP contribution in [0.15, 0.2) is 18.2 Å². The normalized spacial score (nSPS) is 10.5. The first kappa shape index (κ1) is 15.1. The van der Waals surface area contributed by atoms with Crippen LogP contribution in [0.3, 0.4) is 0 Å². The van der Waals surface area contributed by atoms with Crippen molar-refractivity contribution in [3.05, 3.63) is 39.4 Å². The molecule has 0 aromatic heterocycles. The molecule has 1 amide bonds. The van der Waals surface area contributed by atoms with E-state index in [1.54, 1.807) is 0 Å². The van der Waals surface area contributed by atoms with E-state index in [-0.39, 0.29) is 23.6 Å². The number of nitrogens with one attached hydrogen (secondary N) is 1. The Balaban J connectivity index is 3.11. The molecule has 1 aromatic carbocycles. The number of nitro groups is 1. The van der Waals surface area contributed by atoms with E-state index in [4.69, 9.17) is 9.47 Å². The standard InChI is InChI=1S/C12H16N2O5/c1-13-12(15)9-5-4-8(7-11(18-2)19-3)10(6-9)14(16)17/h4-6,11H,7H2,1-3H3,(H,13,15). The number of benzene rings is 1. The van der Waals surface area contributed by atoms with Crippen LogP contribution in [0.25, 0.3) is 0 Å². The molecule has 0 aliphatic rings. The summed E-state index contributed by atoms with van der Waals surface area (Å²) < 4.78 is 10.0. The number of methoxy groups -OCH3 is 2. The lowest BCUT2D eigenvalue weighted by molar-refractivity contribution is -0.385. The van der Waals surface area contributed by atoms with Gasteiger partial charge < -0.3 is 14.8 Å². The summed E-state index contributed by atoms with van der Waals surface area (Å²) in [5.41, 5.74) is 0.566. The number of ether oxygens (including phenoxy) is 2. The second-order valence-electron chi connectivity index (χ2n) is 3.78. The van der Waals surface area contributed by atoms with E-state index in [1.165, 1.54) is 39.5 Å². The number of rotatable bonds is 6. The van der Waals surface area contributed by atoms with Gasteiger partial charge in [0.15, 0.2) is 6.29 Å². The Hall–Kier alpha value is -1.99. The highest BCUT2D eigenvalue weighted by Gasteiger charge is 2.20. The zero-order valence-electron chi connectivity index (χ0n) is 11.0. The minimum atomic E-state index is -0.565. The number of carbonyl (C=O) groups is 1. The molecular weight excluding hydrogens is 252 g/mol. The Kier molecular flexibility index (Phi) is 5.40. The van der Waals surface area contributed by atoms with Gasteiger partial charge in [-0.1, -0.05) is 6.07 Å². The molecule has 0 spiro atoms.